The van der Waals surface area contributed by atoms with Gasteiger partial charge < -0.3 is 5.32 Å². The molecule has 0 spiro atoms. The Balaban J connectivity index is 1.95. The van der Waals surface area contributed by atoms with E-state index in [0.717, 1.165) is 6.54 Å². The molecule has 0 radical (unpaired) electrons. The summed E-state index contributed by atoms with van der Waals surface area (Å²) in [6.45, 7) is 3.14. The van der Waals surface area contributed by atoms with E-state index in [2.05, 4.69) is 12.2 Å². The van der Waals surface area contributed by atoms with Crippen LogP contribution in [0.3, 0.4) is 0 Å². The number of benzene rings is 1. The van der Waals surface area contributed by atoms with Crippen molar-refractivity contribution in [1.29, 1.82) is 0 Å². The van der Waals surface area contributed by atoms with Crippen LogP contribution >= 0.6 is 0 Å². The fourth-order valence-electron chi connectivity index (χ4n) is 1.87. The van der Waals surface area contributed by atoms with Crippen LogP contribution in [0.1, 0.15) is 26.2 Å². The fourth-order valence-corrected chi connectivity index (χ4v) is 1.87. The number of halogens is 1. The van der Waals surface area contributed by atoms with Gasteiger partial charge in [0, 0.05) is 6.54 Å². The summed E-state index contributed by atoms with van der Waals surface area (Å²) in [5, 5.41) is 3.18. The molecule has 0 heterocycles. The van der Waals surface area contributed by atoms with Crippen molar-refractivity contribution in [3.05, 3.63) is 30.1 Å². The molecular weight excluding hydrogens is 177 g/mol. The Labute approximate surface area is 84.3 Å². The van der Waals surface area contributed by atoms with E-state index in [9.17, 15) is 4.39 Å². The third-order valence-corrected chi connectivity index (χ3v) is 3.14. The van der Waals surface area contributed by atoms with Gasteiger partial charge in [-0.2, -0.15) is 0 Å². The maximum absolute atomic E-state index is 13.2. The van der Waals surface area contributed by atoms with Gasteiger partial charge in [0.15, 0.2) is 0 Å². The average molecular weight is 193 g/mol. The first-order valence-corrected chi connectivity index (χ1v) is 5.18. The standard InChI is InChI=1S/C12H16FN/c1-12(7-4-8-12)9-14-11-6-3-2-5-10(11)13/h2-3,5-6,14H,4,7-9H2,1H3. The van der Waals surface area contributed by atoms with Gasteiger partial charge in [0.05, 0.1) is 5.69 Å². The Hall–Kier alpha value is -1.05. The Bertz CT molecular complexity index is 318. The molecule has 0 saturated heterocycles. The molecule has 0 aromatic heterocycles. The molecule has 1 aliphatic rings. The summed E-state index contributed by atoms with van der Waals surface area (Å²) in [4.78, 5) is 0. The van der Waals surface area contributed by atoms with Crippen molar-refractivity contribution in [3.8, 4) is 0 Å². The molecule has 2 heteroatoms. The zero-order valence-corrected chi connectivity index (χ0v) is 8.52. The average Bonchev–Trinajstić information content (AvgIpc) is 2.14. The number of anilines is 1. The van der Waals surface area contributed by atoms with Gasteiger partial charge >= 0.3 is 0 Å². The molecule has 0 bridgehead atoms. The van der Waals surface area contributed by atoms with E-state index in [0.29, 0.717) is 11.1 Å². The molecule has 14 heavy (non-hydrogen) atoms. The topological polar surface area (TPSA) is 12.0 Å². The predicted molar refractivity (Wildman–Crippen MR) is 56.8 cm³/mol. The van der Waals surface area contributed by atoms with Gasteiger partial charge in [0.1, 0.15) is 5.82 Å². The minimum atomic E-state index is -0.157. The van der Waals surface area contributed by atoms with E-state index in [-0.39, 0.29) is 5.82 Å². The summed E-state index contributed by atoms with van der Waals surface area (Å²) in [6, 6.07) is 6.85. The molecule has 1 aliphatic carbocycles. The minimum absolute atomic E-state index is 0.157. The Morgan fingerprint density at radius 2 is 2.07 bits per heavy atom. The summed E-state index contributed by atoms with van der Waals surface area (Å²) in [6.07, 6.45) is 3.83. The molecule has 1 aromatic rings. The van der Waals surface area contributed by atoms with E-state index in [1.807, 2.05) is 6.07 Å². The molecule has 1 fully saturated rings. The van der Waals surface area contributed by atoms with Crippen LogP contribution in [0, 0.1) is 11.2 Å². The smallest absolute Gasteiger partial charge is 0.146 e. The Morgan fingerprint density at radius 3 is 2.64 bits per heavy atom. The number of hydrogen-bond acceptors (Lipinski definition) is 1. The van der Waals surface area contributed by atoms with Crippen LogP contribution in [0.2, 0.25) is 0 Å². The summed E-state index contributed by atoms with van der Waals surface area (Å²) >= 11 is 0. The largest absolute Gasteiger partial charge is 0.382 e. The van der Waals surface area contributed by atoms with Gasteiger partial charge in [-0.05, 0) is 30.4 Å². The molecule has 0 aliphatic heterocycles. The van der Waals surface area contributed by atoms with E-state index >= 15 is 0 Å². The molecular formula is C12H16FN. The first-order chi connectivity index (χ1) is 6.70. The van der Waals surface area contributed by atoms with Crippen LogP contribution in [0.25, 0.3) is 0 Å². The summed E-state index contributed by atoms with van der Waals surface area (Å²) in [5.74, 6) is -0.157. The van der Waals surface area contributed by atoms with Crippen molar-refractivity contribution >= 4 is 5.69 Å². The highest BCUT2D eigenvalue weighted by molar-refractivity contribution is 5.44. The van der Waals surface area contributed by atoms with Crippen LogP contribution < -0.4 is 5.32 Å². The highest BCUT2D eigenvalue weighted by Gasteiger charge is 2.31. The van der Waals surface area contributed by atoms with Crippen molar-refractivity contribution in [2.24, 2.45) is 5.41 Å². The lowest BCUT2D eigenvalue weighted by Crippen LogP contribution is -2.33. The molecule has 1 nitrogen and oxygen atoms in total. The van der Waals surface area contributed by atoms with Gasteiger partial charge in [0.2, 0.25) is 0 Å². The minimum Gasteiger partial charge on any atom is -0.382 e. The molecule has 1 aromatic carbocycles. The summed E-state index contributed by atoms with van der Waals surface area (Å²) < 4.78 is 13.2. The molecule has 1 saturated carbocycles. The molecule has 76 valence electrons. The molecule has 0 amide bonds. The predicted octanol–water partition coefficient (Wildman–Crippen LogP) is 3.43. The van der Waals surface area contributed by atoms with E-state index in [1.54, 1.807) is 12.1 Å². The molecule has 0 atom stereocenters. The molecule has 1 N–H and O–H groups in total. The highest BCUT2D eigenvalue weighted by Crippen LogP contribution is 2.40. The fraction of sp³-hybridized carbons (Fsp3) is 0.500. The second-order valence-corrected chi connectivity index (χ2v) is 4.50. The van der Waals surface area contributed by atoms with Gasteiger partial charge in [-0.25, -0.2) is 4.39 Å². The SMILES string of the molecule is CC1(CNc2ccccc2F)CCC1. The first-order valence-electron chi connectivity index (χ1n) is 5.18. The van der Waals surface area contributed by atoms with Crippen molar-refractivity contribution in [2.75, 3.05) is 11.9 Å². The van der Waals surface area contributed by atoms with Crippen LogP contribution in [0.15, 0.2) is 24.3 Å². The molecule has 0 unspecified atom stereocenters. The van der Waals surface area contributed by atoms with E-state index < -0.39 is 0 Å². The number of nitrogens with one attached hydrogen (secondary N) is 1. The van der Waals surface area contributed by atoms with Crippen LogP contribution in [0.4, 0.5) is 10.1 Å². The van der Waals surface area contributed by atoms with E-state index in [4.69, 9.17) is 0 Å². The van der Waals surface area contributed by atoms with Crippen molar-refractivity contribution in [3.63, 3.8) is 0 Å². The number of para-hydroxylation sites is 1. The van der Waals surface area contributed by atoms with Crippen LogP contribution in [0.5, 0.6) is 0 Å². The van der Waals surface area contributed by atoms with Crippen molar-refractivity contribution in [1.82, 2.24) is 0 Å². The lowest BCUT2D eigenvalue weighted by Gasteiger charge is -2.38. The monoisotopic (exact) mass is 193 g/mol. The lowest BCUT2D eigenvalue weighted by atomic mass is 9.70. The van der Waals surface area contributed by atoms with Crippen LogP contribution in [-0.2, 0) is 0 Å². The third kappa shape index (κ3) is 1.89. The lowest BCUT2D eigenvalue weighted by molar-refractivity contribution is 0.180. The summed E-state index contributed by atoms with van der Waals surface area (Å²) in [5.41, 5.74) is 1.02. The highest BCUT2D eigenvalue weighted by atomic mass is 19.1. The third-order valence-electron chi connectivity index (χ3n) is 3.14. The van der Waals surface area contributed by atoms with Crippen LogP contribution in [-0.4, -0.2) is 6.54 Å². The maximum Gasteiger partial charge on any atom is 0.146 e. The van der Waals surface area contributed by atoms with Gasteiger partial charge in [-0.3, -0.25) is 0 Å². The first kappa shape index (κ1) is 9.50. The van der Waals surface area contributed by atoms with Crippen molar-refractivity contribution < 1.29 is 4.39 Å². The zero-order chi connectivity index (χ0) is 10.0. The van der Waals surface area contributed by atoms with E-state index in [1.165, 1.54) is 25.3 Å². The zero-order valence-electron chi connectivity index (χ0n) is 8.52. The van der Waals surface area contributed by atoms with Gasteiger partial charge in [0.25, 0.3) is 0 Å². The summed E-state index contributed by atoms with van der Waals surface area (Å²) in [7, 11) is 0. The second-order valence-electron chi connectivity index (χ2n) is 4.50. The van der Waals surface area contributed by atoms with Gasteiger partial charge in [-0.1, -0.05) is 25.5 Å². The normalized spacial score (nSPS) is 18.7. The Kier molecular flexibility index (Phi) is 2.44. The second kappa shape index (κ2) is 3.60. The van der Waals surface area contributed by atoms with Crippen molar-refractivity contribution in [2.45, 2.75) is 26.2 Å². The Morgan fingerprint density at radius 1 is 1.36 bits per heavy atom. The quantitative estimate of drug-likeness (QED) is 0.775. The number of rotatable bonds is 3. The number of hydrogen-bond donors (Lipinski definition) is 1. The maximum atomic E-state index is 13.2. The van der Waals surface area contributed by atoms with Gasteiger partial charge in [-0.15, -0.1) is 0 Å². The molecule has 2 rings (SSSR count).